The van der Waals surface area contributed by atoms with E-state index in [-0.39, 0.29) is 6.23 Å². The summed E-state index contributed by atoms with van der Waals surface area (Å²) >= 11 is 0. The largest absolute Gasteiger partial charge is 0.356 e. The minimum Gasteiger partial charge on any atom is -0.356 e. The van der Waals surface area contributed by atoms with Crippen LogP contribution >= 0.6 is 0 Å². The van der Waals surface area contributed by atoms with E-state index in [0.29, 0.717) is 0 Å². The van der Waals surface area contributed by atoms with Gasteiger partial charge in [-0.25, -0.2) is 4.68 Å². The first-order valence-electron chi connectivity index (χ1n) is 6.19. The monoisotopic (exact) mass is 231 g/mol. The number of rotatable bonds is 1. The second-order valence-corrected chi connectivity index (χ2v) is 4.78. The lowest BCUT2D eigenvalue weighted by Gasteiger charge is -2.22. The number of aryl methyl sites for hydroxylation is 2. The van der Waals surface area contributed by atoms with E-state index < -0.39 is 0 Å². The van der Waals surface area contributed by atoms with Crippen LogP contribution in [0.25, 0.3) is 11.0 Å². The lowest BCUT2D eigenvalue weighted by molar-refractivity contribution is -0.0377. The molecule has 2 aromatic rings. The first-order chi connectivity index (χ1) is 8.25. The molecule has 17 heavy (non-hydrogen) atoms. The molecule has 3 rings (SSSR count). The number of nitrogens with zero attached hydrogens (tertiary/aromatic N) is 3. The number of hydrogen-bond donors (Lipinski definition) is 0. The van der Waals surface area contributed by atoms with Gasteiger partial charge in [-0.05, 0) is 56.4 Å². The van der Waals surface area contributed by atoms with E-state index in [1.165, 1.54) is 17.5 Å². The maximum Gasteiger partial charge on any atom is 0.152 e. The Morgan fingerprint density at radius 1 is 1.24 bits per heavy atom. The topological polar surface area (TPSA) is 39.9 Å². The molecule has 90 valence electrons. The van der Waals surface area contributed by atoms with E-state index in [0.717, 1.165) is 30.5 Å². The van der Waals surface area contributed by atoms with Crippen molar-refractivity contribution < 1.29 is 4.74 Å². The van der Waals surface area contributed by atoms with E-state index in [1.54, 1.807) is 0 Å². The Morgan fingerprint density at radius 3 is 2.82 bits per heavy atom. The molecular weight excluding hydrogens is 214 g/mol. The van der Waals surface area contributed by atoms with Crippen LogP contribution in [-0.4, -0.2) is 21.6 Å². The smallest absolute Gasteiger partial charge is 0.152 e. The lowest BCUT2D eigenvalue weighted by atomic mass is 10.1. The van der Waals surface area contributed by atoms with Gasteiger partial charge >= 0.3 is 0 Å². The van der Waals surface area contributed by atoms with E-state index in [4.69, 9.17) is 4.74 Å². The molecule has 1 aromatic carbocycles. The fraction of sp³-hybridized carbons (Fsp3) is 0.538. The molecule has 0 saturated carbocycles. The van der Waals surface area contributed by atoms with Crippen molar-refractivity contribution in [3.05, 3.63) is 23.3 Å². The molecule has 2 heterocycles. The zero-order valence-corrected chi connectivity index (χ0v) is 10.3. The summed E-state index contributed by atoms with van der Waals surface area (Å²) in [5.41, 5.74) is 4.58. The summed E-state index contributed by atoms with van der Waals surface area (Å²) in [4.78, 5) is 0. The van der Waals surface area contributed by atoms with Crippen molar-refractivity contribution in [2.75, 3.05) is 6.61 Å². The van der Waals surface area contributed by atoms with Crippen LogP contribution in [0.15, 0.2) is 12.1 Å². The van der Waals surface area contributed by atoms with Crippen molar-refractivity contribution >= 4 is 11.0 Å². The Kier molecular flexibility index (Phi) is 2.59. The van der Waals surface area contributed by atoms with E-state index in [2.05, 4.69) is 36.3 Å². The summed E-state index contributed by atoms with van der Waals surface area (Å²) in [6.07, 6.45) is 3.46. The van der Waals surface area contributed by atoms with Crippen LogP contribution in [0, 0.1) is 13.8 Å². The van der Waals surface area contributed by atoms with Gasteiger partial charge in [0.05, 0.1) is 5.52 Å². The molecule has 0 spiro atoms. The molecule has 4 nitrogen and oxygen atoms in total. The van der Waals surface area contributed by atoms with Gasteiger partial charge < -0.3 is 4.74 Å². The zero-order valence-electron chi connectivity index (χ0n) is 10.3. The molecule has 1 aliphatic heterocycles. The SMILES string of the molecule is Cc1cc2nnn(C3CCCCO3)c2cc1C. The highest BCUT2D eigenvalue weighted by Gasteiger charge is 2.19. The fourth-order valence-corrected chi connectivity index (χ4v) is 2.32. The van der Waals surface area contributed by atoms with Crippen molar-refractivity contribution in [3.8, 4) is 0 Å². The van der Waals surface area contributed by atoms with Gasteiger partial charge in [0, 0.05) is 6.61 Å². The minimum absolute atomic E-state index is 0.0656. The molecule has 0 radical (unpaired) electrons. The second-order valence-electron chi connectivity index (χ2n) is 4.78. The normalized spacial score (nSPS) is 20.9. The summed E-state index contributed by atoms with van der Waals surface area (Å²) in [5.74, 6) is 0. The molecule has 0 aliphatic carbocycles. The summed E-state index contributed by atoms with van der Waals surface area (Å²) in [5, 5.41) is 8.47. The van der Waals surface area contributed by atoms with Gasteiger partial charge in [0.1, 0.15) is 5.52 Å². The highest BCUT2D eigenvalue weighted by Crippen LogP contribution is 2.26. The Morgan fingerprint density at radius 2 is 2.06 bits per heavy atom. The molecule has 1 unspecified atom stereocenters. The predicted molar refractivity (Wildman–Crippen MR) is 65.8 cm³/mol. The predicted octanol–water partition coefficient (Wildman–Crippen LogP) is 2.75. The molecule has 0 N–H and O–H groups in total. The molecule has 1 atom stereocenters. The van der Waals surface area contributed by atoms with Crippen LogP contribution in [-0.2, 0) is 4.74 Å². The van der Waals surface area contributed by atoms with Crippen LogP contribution in [0.4, 0.5) is 0 Å². The third-order valence-electron chi connectivity index (χ3n) is 3.51. The van der Waals surface area contributed by atoms with Crippen molar-refractivity contribution in [1.82, 2.24) is 15.0 Å². The van der Waals surface area contributed by atoms with Crippen molar-refractivity contribution in [3.63, 3.8) is 0 Å². The van der Waals surface area contributed by atoms with Crippen LogP contribution in [0.2, 0.25) is 0 Å². The maximum absolute atomic E-state index is 5.76. The summed E-state index contributed by atoms with van der Waals surface area (Å²) < 4.78 is 7.69. The number of ether oxygens (including phenoxy) is 1. The third kappa shape index (κ3) is 1.82. The van der Waals surface area contributed by atoms with Crippen molar-refractivity contribution in [2.45, 2.75) is 39.3 Å². The second kappa shape index (κ2) is 4.11. The third-order valence-corrected chi connectivity index (χ3v) is 3.51. The van der Waals surface area contributed by atoms with Crippen LogP contribution in [0.3, 0.4) is 0 Å². The van der Waals surface area contributed by atoms with Crippen LogP contribution in [0.1, 0.15) is 36.6 Å². The average molecular weight is 231 g/mol. The Balaban J connectivity index is 2.07. The van der Waals surface area contributed by atoms with Gasteiger partial charge in [-0.2, -0.15) is 0 Å². The Labute approximate surface area is 101 Å². The molecule has 4 heteroatoms. The highest BCUT2D eigenvalue weighted by atomic mass is 16.5. The quantitative estimate of drug-likeness (QED) is 0.757. The summed E-state index contributed by atoms with van der Waals surface area (Å²) in [6, 6.07) is 4.25. The minimum atomic E-state index is 0.0656. The zero-order chi connectivity index (χ0) is 11.8. The first-order valence-corrected chi connectivity index (χ1v) is 6.19. The summed E-state index contributed by atoms with van der Waals surface area (Å²) in [7, 11) is 0. The lowest BCUT2D eigenvalue weighted by Crippen LogP contribution is -2.19. The fourth-order valence-electron chi connectivity index (χ4n) is 2.32. The molecular formula is C13H17N3O. The number of aromatic nitrogens is 3. The van der Waals surface area contributed by atoms with Crippen LogP contribution in [0.5, 0.6) is 0 Å². The average Bonchev–Trinajstić information content (AvgIpc) is 2.74. The molecule has 1 saturated heterocycles. The molecule has 1 fully saturated rings. The van der Waals surface area contributed by atoms with Crippen molar-refractivity contribution in [2.24, 2.45) is 0 Å². The van der Waals surface area contributed by atoms with E-state index in [9.17, 15) is 0 Å². The van der Waals surface area contributed by atoms with Gasteiger partial charge in [-0.1, -0.05) is 5.21 Å². The van der Waals surface area contributed by atoms with Gasteiger partial charge in [0.2, 0.25) is 0 Å². The van der Waals surface area contributed by atoms with Gasteiger partial charge in [-0.3, -0.25) is 0 Å². The maximum atomic E-state index is 5.76. The number of benzene rings is 1. The number of hydrogen-bond acceptors (Lipinski definition) is 3. The van der Waals surface area contributed by atoms with Gasteiger partial charge in [0.25, 0.3) is 0 Å². The molecule has 0 amide bonds. The Bertz CT molecular complexity index is 541. The Hall–Kier alpha value is -1.42. The molecule has 1 aliphatic rings. The number of fused-ring (bicyclic) bond motifs is 1. The van der Waals surface area contributed by atoms with Crippen molar-refractivity contribution in [1.29, 1.82) is 0 Å². The van der Waals surface area contributed by atoms with Gasteiger partial charge in [-0.15, -0.1) is 5.10 Å². The van der Waals surface area contributed by atoms with E-state index >= 15 is 0 Å². The highest BCUT2D eigenvalue weighted by molar-refractivity contribution is 5.76. The van der Waals surface area contributed by atoms with Crippen LogP contribution < -0.4 is 0 Å². The van der Waals surface area contributed by atoms with E-state index in [1.807, 2.05) is 4.68 Å². The van der Waals surface area contributed by atoms with Gasteiger partial charge in [0.15, 0.2) is 6.23 Å². The summed E-state index contributed by atoms with van der Waals surface area (Å²) in [6.45, 7) is 5.05. The molecule has 1 aromatic heterocycles. The molecule has 0 bridgehead atoms. The standard InChI is InChI=1S/C13H17N3O/c1-9-7-11-12(8-10(9)2)16(15-14-11)13-5-3-4-6-17-13/h7-8,13H,3-6H2,1-2H3. The first kappa shape index (κ1) is 10.7.